The first-order valence-electron chi connectivity index (χ1n) is 11.1. The zero-order valence-corrected chi connectivity index (χ0v) is 19.7. The molecule has 0 aliphatic carbocycles. The van der Waals surface area contributed by atoms with Gasteiger partial charge in [-0.05, 0) is 60.7 Å². The number of amides is 2. The number of phenols is 2. The van der Waals surface area contributed by atoms with Crippen LogP contribution in [0.25, 0.3) is 0 Å². The average Bonchev–Trinajstić information content (AvgIpc) is 2.91. The van der Waals surface area contributed by atoms with Gasteiger partial charge in [0.1, 0.15) is 23.0 Å². The Morgan fingerprint density at radius 2 is 0.974 bits per heavy atom. The summed E-state index contributed by atoms with van der Waals surface area (Å²) in [4.78, 5) is 45.6. The molecule has 4 rings (SSSR count). The Hall–Kier alpha value is -5.98. The Bertz CT molecular complexity index is 1470. The zero-order chi connectivity index (χ0) is 28.1. The third-order valence-corrected chi connectivity index (χ3v) is 5.35. The van der Waals surface area contributed by atoms with Crippen LogP contribution >= 0.6 is 0 Å². The molecule has 0 unspecified atom stereocenters. The number of anilines is 2. The molecule has 0 aromatic heterocycles. The number of nitro groups is 2. The van der Waals surface area contributed by atoms with Crippen LogP contribution in [0.5, 0.6) is 23.0 Å². The normalized spacial score (nSPS) is 10.4. The zero-order valence-electron chi connectivity index (χ0n) is 19.7. The fraction of sp³-hybridized carbons (Fsp3) is 0. The average molecular weight is 530 g/mol. The molecule has 13 nitrogen and oxygen atoms in total. The monoisotopic (exact) mass is 530 g/mol. The third-order valence-electron chi connectivity index (χ3n) is 5.35. The van der Waals surface area contributed by atoms with Crippen molar-refractivity contribution in [1.29, 1.82) is 0 Å². The van der Waals surface area contributed by atoms with Gasteiger partial charge in [0.15, 0.2) is 0 Å². The standard InChI is InChI=1S/C26H18N4O9/c31-23-11-5-17(29(35)36)13-21(23)27-25(33)15-1-7-19(8-2-15)39-20-9-3-16(4-10-20)26(34)28-22-14-18(30(37)38)6-12-24(22)32/h1-14,31-32H,(H,27,33)(H,28,34). The van der Waals surface area contributed by atoms with E-state index < -0.39 is 21.7 Å². The molecule has 4 aromatic carbocycles. The van der Waals surface area contributed by atoms with Crippen molar-refractivity contribution in [3.8, 4) is 23.0 Å². The van der Waals surface area contributed by atoms with Gasteiger partial charge < -0.3 is 25.6 Å². The van der Waals surface area contributed by atoms with Gasteiger partial charge in [-0.1, -0.05) is 0 Å². The lowest BCUT2D eigenvalue weighted by Gasteiger charge is -2.10. The molecule has 0 saturated carbocycles. The minimum Gasteiger partial charge on any atom is -0.506 e. The van der Waals surface area contributed by atoms with Crippen LogP contribution in [0.1, 0.15) is 20.7 Å². The number of nitrogens with one attached hydrogen (secondary N) is 2. The molecule has 2 amide bonds. The summed E-state index contributed by atoms with van der Waals surface area (Å²) in [5.41, 5.74) is -0.414. The first-order chi connectivity index (χ1) is 18.6. The largest absolute Gasteiger partial charge is 0.506 e. The van der Waals surface area contributed by atoms with E-state index in [-0.39, 0.29) is 45.4 Å². The molecule has 0 spiro atoms. The fourth-order valence-corrected chi connectivity index (χ4v) is 3.35. The highest BCUT2D eigenvalue weighted by Crippen LogP contribution is 2.30. The number of ether oxygens (including phenoxy) is 1. The van der Waals surface area contributed by atoms with Crippen molar-refractivity contribution >= 4 is 34.6 Å². The Labute approximate surface area is 219 Å². The first-order valence-corrected chi connectivity index (χ1v) is 11.1. The molecule has 0 fully saturated rings. The van der Waals surface area contributed by atoms with Crippen LogP contribution in [0.2, 0.25) is 0 Å². The quantitative estimate of drug-likeness (QED) is 0.134. The Morgan fingerprint density at radius 3 is 1.31 bits per heavy atom. The molecule has 0 aliphatic rings. The van der Waals surface area contributed by atoms with Gasteiger partial charge in [0, 0.05) is 35.4 Å². The second-order valence-corrected chi connectivity index (χ2v) is 7.98. The highest BCUT2D eigenvalue weighted by Gasteiger charge is 2.15. The topological polar surface area (TPSA) is 194 Å². The molecule has 0 saturated heterocycles. The SMILES string of the molecule is O=C(Nc1cc([N+](=O)[O-])ccc1O)c1ccc(Oc2ccc(C(=O)Nc3cc([N+](=O)[O-])ccc3O)cc2)cc1. The summed E-state index contributed by atoms with van der Waals surface area (Å²) in [5, 5.41) is 46.4. The number of carbonyl (C=O) groups excluding carboxylic acids is 2. The van der Waals surface area contributed by atoms with Crippen LogP contribution < -0.4 is 15.4 Å². The van der Waals surface area contributed by atoms with Gasteiger partial charge in [0.2, 0.25) is 0 Å². The molecular weight excluding hydrogens is 512 g/mol. The summed E-state index contributed by atoms with van der Waals surface area (Å²) < 4.78 is 5.71. The lowest BCUT2D eigenvalue weighted by atomic mass is 10.1. The van der Waals surface area contributed by atoms with Crippen LogP contribution in [-0.4, -0.2) is 31.9 Å². The number of rotatable bonds is 8. The van der Waals surface area contributed by atoms with Crippen LogP contribution in [0.15, 0.2) is 84.9 Å². The maximum atomic E-state index is 12.5. The molecule has 0 radical (unpaired) electrons. The first kappa shape index (κ1) is 26.1. The van der Waals surface area contributed by atoms with Crippen molar-refractivity contribution in [1.82, 2.24) is 0 Å². The van der Waals surface area contributed by atoms with E-state index in [2.05, 4.69) is 10.6 Å². The number of aromatic hydroxyl groups is 2. The molecule has 196 valence electrons. The number of carbonyl (C=O) groups is 2. The molecule has 0 atom stereocenters. The molecule has 13 heteroatoms. The van der Waals surface area contributed by atoms with Crippen LogP contribution in [0.3, 0.4) is 0 Å². The van der Waals surface area contributed by atoms with E-state index in [9.17, 15) is 40.0 Å². The van der Waals surface area contributed by atoms with Crippen molar-refractivity contribution in [2.75, 3.05) is 10.6 Å². The smallest absolute Gasteiger partial charge is 0.271 e. The summed E-state index contributed by atoms with van der Waals surface area (Å²) in [6.07, 6.45) is 0. The van der Waals surface area contributed by atoms with E-state index in [1.165, 1.54) is 48.5 Å². The van der Waals surface area contributed by atoms with Crippen LogP contribution in [0.4, 0.5) is 22.7 Å². The summed E-state index contributed by atoms with van der Waals surface area (Å²) in [5.74, 6) is -1.14. The number of nitro benzene ring substituents is 2. The Morgan fingerprint density at radius 1 is 0.615 bits per heavy atom. The van der Waals surface area contributed by atoms with Crippen LogP contribution in [-0.2, 0) is 0 Å². The van der Waals surface area contributed by atoms with Gasteiger partial charge in [0.05, 0.1) is 21.2 Å². The highest BCUT2D eigenvalue weighted by molar-refractivity contribution is 6.06. The molecule has 4 N–H and O–H groups in total. The lowest BCUT2D eigenvalue weighted by molar-refractivity contribution is -0.385. The summed E-state index contributed by atoms with van der Waals surface area (Å²) >= 11 is 0. The van der Waals surface area contributed by atoms with E-state index in [4.69, 9.17) is 4.74 Å². The van der Waals surface area contributed by atoms with Gasteiger partial charge in [-0.15, -0.1) is 0 Å². The minimum atomic E-state index is -0.650. The van der Waals surface area contributed by atoms with Crippen molar-refractivity contribution in [2.45, 2.75) is 0 Å². The van der Waals surface area contributed by atoms with Gasteiger partial charge in [-0.25, -0.2) is 0 Å². The van der Waals surface area contributed by atoms with E-state index in [0.29, 0.717) is 11.5 Å². The summed E-state index contributed by atoms with van der Waals surface area (Å²) in [7, 11) is 0. The summed E-state index contributed by atoms with van der Waals surface area (Å²) in [6.45, 7) is 0. The predicted octanol–water partition coefficient (Wildman–Crippen LogP) is 5.21. The summed E-state index contributed by atoms with van der Waals surface area (Å²) in [6, 6.07) is 18.4. The Balaban J connectivity index is 1.39. The Kier molecular flexibility index (Phi) is 7.33. The lowest BCUT2D eigenvalue weighted by Crippen LogP contribution is -2.12. The number of nitrogens with zero attached hydrogens (tertiary/aromatic N) is 2. The number of benzene rings is 4. The van der Waals surface area contributed by atoms with Crippen molar-refractivity contribution in [3.63, 3.8) is 0 Å². The highest BCUT2D eigenvalue weighted by atomic mass is 16.6. The van der Waals surface area contributed by atoms with Gasteiger partial charge >= 0.3 is 0 Å². The fourth-order valence-electron chi connectivity index (χ4n) is 3.35. The number of phenolic OH excluding ortho intramolecular Hbond substituents is 2. The van der Waals surface area contributed by atoms with E-state index >= 15 is 0 Å². The van der Waals surface area contributed by atoms with Crippen molar-refractivity contribution in [2.24, 2.45) is 0 Å². The van der Waals surface area contributed by atoms with Crippen molar-refractivity contribution < 1.29 is 34.4 Å². The predicted molar refractivity (Wildman–Crippen MR) is 138 cm³/mol. The second kappa shape index (κ2) is 11.0. The maximum absolute atomic E-state index is 12.5. The number of hydrogen-bond donors (Lipinski definition) is 4. The van der Waals surface area contributed by atoms with E-state index in [0.717, 1.165) is 36.4 Å². The van der Waals surface area contributed by atoms with Gasteiger partial charge in [-0.2, -0.15) is 0 Å². The van der Waals surface area contributed by atoms with Gasteiger partial charge in [0.25, 0.3) is 23.2 Å². The molecule has 39 heavy (non-hydrogen) atoms. The van der Waals surface area contributed by atoms with Crippen LogP contribution in [0, 0.1) is 20.2 Å². The molecular formula is C26H18N4O9. The molecule has 0 heterocycles. The molecule has 4 aromatic rings. The van der Waals surface area contributed by atoms with E-state index in [1.54, 1.807) is 0 Å². The second-order valence-electron chi connectivity index (χ2n) is 7.98. The maximum Gasteiger partial charge on any atom is 0.271 e. The molecule has 0 bridgehead atoms. The van der Waals surface area contributed by atoms with Crippen molar-refractivity contribution in [3.05, 3.63) is 116 Å². The van der Waals surface area contributed by atoms with E-state index in [1.807, 2.05) is 0 Å². The molecule has 0 aliphatic heterocycles. The third kappa shape index (κ3) is 6.24. The minimum absolute atomic E-state index is 0.112. The van der Waals surface area contributed by atoms with Gasteiger partial charge in [-0.3, -0.25) is 29.8 Å². The number of hydrogen-bond acceptors (Lipinski definition) is 9. The number of non-ortho nitro benzene ring substituents is 2.